The molecule has 1 N–H and O–H groups in total. The Labute approximate surface area is 150 Å². The van der Waals surface area contributed by atoms with Gasteiger partial charge in [-0.25, -0.2) is 0 Å². The second kappa shape index (κ2) is 7.40. The van der Waals surface area contributed by atoms with E-state index in [9.17, 15) is 5.21 Å². The van der Waals surface area contributed by atoms with Crippen LogP contribution in [-0.2, 0) is 6.54 Å². The van der Waals surface area contributed by atoms with E-state index in [4.69, 9.17) is 0 Å². The van der Waals surface area contributed by atoms with E-state index in [1.54, 1.807) is 0 Å². The first-order chi connectivity index (χ1) is 12.4. The Hall–Kier alpha value is -2.13. The first kappa shape index (κ1) is 16.3. The van der Waals surface area contributed by atoms with Gasteiger partial charge in [0.1, 0.15) is 0 Å². The summed E-state index contributed by atoms with van der Waals surface area (Å²) >= 11 is 0. The van der Waals surface area contributed by atoms with Crippen LogP contribution in [-0.4, -0.2) is 21.9 Å². The molecular formula is C22H26N2O. The zero-order valence-corrected chi connectivity index (χ0v) is 14.6. The number of hydrogen-bond donors (Lipinski definition) is 1. The Balaban J connectivity index is 1.71. The van der Waals surface area contributed by atoms with Crippen LogP contribution >= 0.6 is 0 Å². The number of oxime groups is 1. The summed E-state index contributed by atoms with van der Waals surface area (Å²) in [7, 11) is 0. The molecule has 1 saturated heterocycles. The van der Waals surface area contributed by atoms with Crippen molar-refractivity contribution in [3.05, 3.63) is 71.8 Å². The number of rotatable bonds is 3. The van der Waals surface area contributed by atoms with Crippen LogP contribution in [0.1, 0.15) is 49.3 Å². The first-order valence-electron chi connectivity index (χ1n) is 9.42. The molecule has 25 heavy (non-hydrogen) atoms. The average Bonchev–Trinajstić information content (AvgIpc) is 2.69. The minimum atomic E-state index is 0.284. The molecule has 0 spiro atoms. The molecule has 2 aromatic rings. The maximum absolute atomic E-state index is 9.64. The molecule has 0 amide bonds. The summed E-state index contributed by atoms with van der Waals surface area (Å²) in [6, 6.07) is 22.2. The topological polar surface area (TPSA) is 35.8 Å². The molecule has 1 heterocycles. The molecule has 1 aliphatic carbocycles. The van der Waals surface area contributed by atoms with Gasteiger partial charge in [-0.15, -0.1) is 0 Å². The predicted molar refractivity (Wildman–Crippen MR) is 101 cm³/mol. The van der Waals surface area contributed by atoms with Gasteiger partial charge in [-0.05, 0) is 24.0 Å². The third kappa shape index (κ3) is 3.34. The zero-order chi connectivity index (χ0) is 17.1. The van der Waals surface area contributed by atoms with Gasteiger partial charge in [-0.1, -0.05) is 78.7 Å². The van der Waals surface area contributed by atoms with Gasteiger partial charge >= 0.3 is 0 Å². The van der Waals surface area contributed by atoms with Gasteiger partial charge in [0.2, 0.25) is 0 Å². The summed E-state index contributed by atoms with van der Waals surface area (Å²) in [5.41, 5.74) is 3.68. The normalized spacial score (nSPS) is 28.6. The Kier molecular flexibility index (Phi) is 4.84. The summed E-state index contributed by atoms with van der Waals surface area (Å²) < 4.78 is 0. The summed E-state index contributed by atoms with van der Waals surface area (Å²) in [6.45, 7) is 0.959. The SMILES string of the molecule is O/N=C1\CC(c2ccccc2)N(Cc2ccccc2)C2CCCCC12. The molecule has 1 aliphatic heterocycles. The fourth-order valence-electron chi connectivity index (χ4n) is 4.72. The maximum Gasteiger partial charge on any atom is 0.0636 e. The van der Waals surface area contributed by atoms with Gasteiger partial charge in [0.15, 0.2) is 0 Å². The molecule has 0 bridgehead atoms. The molecule has 3 nitrogen and oxygen atoms in total. The molecule has 3 heteroatoms. The van der Waals surface area contributed by atoms with Crippen LogP contribution in [0.2, 0.25) is 0 Å². The standard InChI is InChI=1S/C22H26N2O/c25-23-20-15-22(18-11-5-2-6-12-18)24(16-17-9-3-1-4-10-17)21-14-8-7-13-19(20)21/h1-6,9-12,19,21-22,25H,7-8,13-16H2/b23-20+. The maximum atomic E-state index is 9.64. The van der Waals surface area contributed by atoms with E-state index in [0.717, 1.165) is 25.1 Å². The molecule has 0 radical (unpaired) electrons. The number of fused-ring (bicyclic) bond motifs is 1. The Morgan fingerprint density at radius 3 is 2.32 bits per heavy atom. The first-order valence-corrected chi connectivity index (χ1v) is 9.42. The van der Waals surface area contributed by atoms with E-state index >= 15 is 0 Å². The number of hydrogen-bond acceptors (Lipinski definition) is 3. The quantitative estimate of drug-likeness (QED) is 0.632. The van der Waals surface area contributed by atoms with Crippen molar-refractivity contribution in [1.29, 1.82) is 0 Å². The summed E-state index contributed by atoms with van der Waals surface area (Å²) in [6.07, 6.45) is 5.69. The molecule has 2 fully saturated rings. The van der Waals surface area contributed by atoms with Crippen molar-refractivity contribution in [2.24, 2.45) is 11.1 Å². The third-order valence-electron chi connectivity index (χ3n) is 5.91. The monoisotopic (exact) mass is 334 g/mol. The smallest absolute Gasteiger partial charge is 0.0636 e. The average molecular weight is 334 g/mol. The Bertz CT molecular complexity index is 713. The molecule has 3 unspecified atom stereocenters. The van der Waals surface area contributed by atoms with Crippen molar-refractivity contribution in [2.45, 2.75) is 50.7 Å². The highest BCUT2D eigenvalue weighted by atomic mass is 16.4. The number of piperidine rings is 1. The van der Waals surface area contributed by atoms with Crippen molar-refractivity contribution in [1.82, 2.24) is 4.90 Å². The second-order valence-corrected chi connectivity index (χ2v) is 7.34. The largest absolute Gasteiger partial charge is 0.411 e. The molecule has 4 rings (SSSR count). The highest BCUT2D eigenvalue weighted by Gasteiger charge is 2.42. The van der Waals surface area contributed by atoms with E-state index in [-0.39, 0.29) is 6.04 Å². The van der Waals surface area contributed by atoms with Crippen LogP contribution in [0.4, 0.5) is 0 Å². The van der Waals surface area contributed by atoms with Gasteiger partial charge in [-0.2, -0.15) is 0 Å². The Morgan fingerprint density at radius 2 is 1.60 bits per heavy atom. The molecule has 130 valence electrons. The van der Waals surface area contributed by atoms with Gasteiger partial charge in [0.05, 0.1) is 5.71 Å². The van der Waals surface area contributed by atoms with Crippen LogP contribution in [0.3, 0.4) is 0 Å². The summed E-state index contributed by atoms with van der Waals surface area (Å²) in [4.78, 5) is 2.67. The fourth-order valence-corrected chi connectivity index (χ4v) is 4.72. The van der Waals surface area contributed by atoms with E-state index in [1.165, 1.54) is 30.4 Å². The van der Waals surface area contributed by atoms with Crippen LogP contribution in [0.5, 0.6) is 0 Å². The van der Waals surface area contributed by atoms with Crippen molar-refractivity contribution >= 4 is 5.71 Å². The molecule has 0 aromatic heterocycles. The van der Waals surface area contributed by atoms with E-state index < -0.39 is 0 Å². The van der Waals surface area contributed by atoms with Crippen molar-refractivity contribution in [2.75, 3.05) is 0 Å². The molecule has 2 aromatic carbocycles. The minimum Gasteiger partial charge on any atom is -0.411 e. The van der Waals surface area contributed by atoms with Crippen LogP contribution in [0, 0.1) is 5.92 Å². The van der Waals surface area contributed by atoms with E-state index in [2.05, 4.69) is 70.7 Å². The fraction of sp³-hybridized carbons (Fsp3) is 0.409. The van der Waals surface area contributed by atoms with Gasteiger partial charge in [-0.3, -0.25) is 4.90 Å². The Morgan fingerprint density at radius 1 is 0.920 bits per heavy atom. The third-order valence-corrected chi connectivity index (χ3v) is 5.91. The lowest BCUT2D eigenvalue weighted by Crippen LogP contribution is -2.51. The second-order valence-electron chi connectivity index (χ2n) is 7.34. The molecular weight excluding hydrogens is 308 g/mol. The number of nitrogens with zero attached hydrogens (tertiary/aromatic N) is 2. The number of likely N-dealkylation sites (tertiary alicyclic amines) is 1. The molecule has 2 aliphatic rings. The van der Waals surface area contributed by atoms with Crippen molar-refractivity contribution < 1.29 is 5.21 Å². The summed E-state index contributed by atoms with van der Waals surface area (Å²) in [5, 5.41) is 13.4. The number of benzene rings is 2. The minimum absolute atomic E-state index is 0.284. The highest BCUT2D eigenvalue weighted by molar-refractivity contribution is 5.88. The van der Waals surface area contributed by atoms with Crippen LogP contribution in [0.25, 0.3) is 0 Å². The van der Waals surface area contributed by atoms with Crippen molar-refractivity contribution in [3.63, 3.8) is 0 Å². The zero-order valence-electron chi connectivity index (χ0n) is 14.6. The van der Waals surface area contributed by atoms with Gasteiger partial charge < -0.3 is 5.21 Å². The highest BCUT2D eigenvalue weighted by Crippen LogP contribution is 2.42. The van der Waals surface area contributed by atoms with Crippen LogP contribution < -0.4 is 0 Å². The van der Waals surface area contributed by atoms with Gasteiger partial charge in [0.25, 0.3) is 0 Å². The lowest BCUT2D eigenvalue weighted by Gasteiger charge is -2.49. The predicted octanol–water partition coefficient (Wildman–Crippen LogP) is 5.02. The molecule has 1 saturated carbocycles. The summed E-state index contributed by atoms with van der Waals surface area (Å²) in [5.74, 6) is 0.405. The van der Waals surface area contributed by atoms with Gasteiger partial charge in [0, 0.05) is 31.0 Å². The van der Waals surface area contributed by atoms with E-state index in [1.807, 2.05) is 0 Å². The van der Waals surface area contributed by atoms with Crippen LogP contribution in [0.15, 0.2) is 65.8 Å². The van der Waals surface area contributed by atoms with Crippen molar-refractivity contribution in [3.8, 4) is 0 Å². The van der Waals surface area contributed by atoms with E-state index in [0.29, 0.717) is 12.0 Å². The lowest BCUT2D eigenvalue weighted by molar-refractivity contribution is 0.0570. The lowest BCUT2D eigenvalue weighted by atomic mass is 9.73. The molecule has 3 atom stereocenters.